The van der Waals surface area contributed by atoms with Gasteiger partial charge in [0, 0.05) is 6.42 Å². The maximum absolute atomic E-state index is 11.8. The quantitative estimate of drug-likeness (QED) is 0.668. The molecule has 0 aliphatic carbocycles. The molecular formula is C24H25O. The first-order chi connectivity index (χ1) is 12.2. The second kappa shape index (κ2) is 7.67. The Morgan fingerprint density at radius 3 is 1.60 bits per heavy atom. The third kappa shape index (κ3) is 3.52. The van der Waals surface area contributed by atoms with E-state index < -0.39 is 5.60 Å². The Bertz CT molecular complexity index is 744. The van der Waals surface area contributed by atoms with Crippen molar-refractivity contribution in [2.24, 2.45) is 0 Å². The normalized spacial score (nSPS) is 11.5. The Kier molecular flexibility index (Phi) is 5.35. The summed E-state index contributed by atoms with van der Waals surface area (Å²) in [5.41, 5.74) is 4.60. The van der Waals surface area contributed by atoms with Gasteiger partial charge < -0.3 is 5.11 Å². The summed E-state index contributed by atoms with van der Waals surface area (Å²) < 4.78 is 0. The fourth-order valence-electron chi connectivity index (χ4n) is 3.54. The summed E-state index contributed by atoms with van der Waals surface area (Å²) in [6.45, 7) is 4.33. The zero-order valence-electron chi connectivity index (χ0n) is 15.0. The van der Waals surface area contributed by atoms with E-state index in [1.54, 1.807) is 0 Å². The maximum atomic E-state index is 11.8. The van der Waals surface area contributed by atoms with E-state index in [-0.39, 0.29) is 0 Å². The molecule has 3 aromatic rings. The molecule has 127 valence electrons. The predicted octanol–water partition coefficient (Wildman–Crippen LogP) is 5.09. The highest BCUT2D eigenvalue weighted by atomic mass is 16.3. The van der Waals surface area contributed by atoms with Crippen LogP contribution in [0.15, 0.2) is 72.8 Å². The number of benzene rings is 3. The van der Waals surface area contributed by atoms with Gasteiger partial charge in [0.1, 0.15) is 5.60 Å². The number of rotatable bonds is 6. The molecule has 1 radical (unpaired) electrons. The van der Waals surface area contributed by atoms with E-state index >= 15 is 0 Å². The standard InChI is InChI=1S/C24H25O/c1-3-19-12-11-13-20(4-2)23(19)18-24(25,21-14-7-5-8-15-21)22-16-9-6-10-17-22/h5-10,12-17,25H,3-4,18H2,1-2H3. The zero-order valence-corrected chi connectivity index (χ0v) is 15.0. The molecular weight excluding hydrogens is 304 g/mol. The van der Waals surface area contributed by atoms with Gasteiger partial charge in [-0.3, -0.25) is 0 Å². The molecule has 0 aliphatic heterocycles. The van der Waals surface area contributed by atoms with Crippen LogP contribution in [0.4, 0.5) is 0 Å². The Morgan fingerprint density at radius 1 is 0.760 bits per heavy atom. The minimum Gasteiger partial charge on any atom is -0.380 e. The minimum absolute atomic E-state index is 0.571. The lowest BCUT2D eigenvalue weighted by Crippen LogP contribution is -2.31. The van der Waals surface area contributed by atoms with E-state index in [9.17, 15) is 5.11 Å². The highest BCUT2D eigenvalue weighted by Crippen LogP contribution is 2.35. The molecule has 0 unspecified atom stereocenters. The maximum Gasteiger partial charge on any atom is 0.119 e. The Morgan fingerprint density at radius 2 is 1.20 bits per heavy atom. The summed E-state index contributed by atoms with van der Waals surface area (Å²) in [5.74, 6) is 0. The van der Waals surface area contributed by atoms with E-state index in [1.165, 1.54) is 16.7 Å². The predicted molar refractivity (Wildman–Crippen MR) is 104 cm³/mol. The van der Waals surface area contributed by atoms with Gasteiger partial charge in [-0.05, 0) is 46.7 Å². The third-order valence-corrected chi connectivity index (χ3v) is 4.99. The van der Waals surface area contributed by atoms with E-state index in [4.69, 9.17) is 0 Å². The lowest BCUT2D eigenvalue weighted by molar-refractivity contribution is 0.0807. The summed E-state index contributed by atoms with van der Waals surface area (Å²) in [7, 11) is 0. The molecule has 3 aromatic carbocycles. The van der Waals surface area contributed by atoms with E-state index in [2.05, 4.69) is 32.0 Å². The molecule has 0 bridgehead atoms. The number of hydrogen-bond acceptors (Lipinski definition) is 1. The van der Waals surface area contributed by atoms with Gasteiger partial charge in [-0.2, -0.15) is 0 Å². The number of aryl methyl sites for hydroxylation is 2. The van der Waals surface area contributed by atoms with E-state index in [0.717, 1.165) is 24.0 Å². The topological polar surface area (TPSA) is 20.2 Å². The van der Waals surface area contributed by atoms with Gasteiger partial charge in [0.2, 0.25) is 0 Å². The smallest absolute Gasteiger partial charge is 0.119 e. The van der Waals surface area contributed by atoms with Crippen molar-refractivity contribution in [3.8, 4) is 0 Å². The fourth-order valence-corrected chi connectivity index (χ4v) is 3.54. The van der Waals surface area contributed by atoms with Gasteiger partial charge in [0.25, 0.3) is 0 Å². The molecule has 1 heteroatoms. The van der Waals surface area contributed by atoms with Gasteiger partial charge in [-0.15, -0.1) is 0 Å². The van der Waals surface area contributed by atoms with Crippen LogP contribution in [0.25, 0.3) is 0 Å². The molecule has 25 heavy (non-hydrogen) atoms. The van der Waals surface area contributed by atoms with E-state index in [0.29, 0.717) is 6.42 Å². The summed E-state index contributed by atoms with van der Waals surface area (Å²) in [6, 6.07) is 27.4. The molecule has 0 aromatic heterocycles. The lowest BCUT2D eigenvalue weighted by Gasteiger charge is -2.31. The average molecular weight is 329 g/mol. The van der Waals surface area contributed by atoms with Crippen molar-refractivity contribution in [3.63, 3.8) is 0 Å². The zero-order chi connectivity index (χ0) is 17.7. The largest absolute Gasteiger partial charge is 0.380 e. The first kappa shape index (κ1) is 17.4. The van der Waals surface area contributed by atoms with Crippen LogP contribution in [-0.2, 0) is 24.9 Å². The van der Waals surface area contributed by atoms with Gasteiger partial charge in [-0.1, -0.05) is 86.6 Å². The van der Waals surface area contributed by atoms with Crippen molar-refractivity contribution in [1.29, 1.82) is 0 Å². The third-order valence-electron chi connectivity index (χ3n) is 4.99. The van der Waals surface area contributed by atoms with Crippen LogP contribution >= 0.6 is 0 Å². The van der Waals surface area contributed by atoms with Crippen molar-refractivity contribution < 1.29 is 5.11 Å². The fraction of sp³-hybridized carbons (Fsp3) is 0.250. The Hall–Kier alpha value is -2.38. The molecule has 1 N–H and O–H groups in total. The van der Waals surface area contributed by atoms with Gasteiger partial charge >= 0.3 is 0 Å². The molecule has 0 heterocycles. The minimum atomic E-state index is -1.04. The lowest BCUT2D eigenvalue weighted by atomic mass is 9.78. The monoisotopic (exact) mass is 329 g/mol. The summed E-state index contributed by atoms with van der Waals surface area (Å²) in [5, 5.41) is 11.8. The summed E-state index contributed by atoms with van der Waals surface area (Å²) in [6.07, 6.45) is 2.46. The van der Waals surface area contributed by atoms with Crippen molar-refractivity contribution in [1.82, 2.24) is 0 Å². The van der Waals surface area contributed by atoms with Crippen molar-refractivity contribution >= 4 is 0 Å². The average Bonchev–Trinajstić information content (AvgIpc) is 2.69. The molecule has 0 saturated heterocycles. The van der Waals surface area contributed by atoms with Crippen molar-refractivity contribution in [2.45, 2.75) is 38.7 Å². The van der Waals surface area contributed by atoms with Crippen LogP contribution in [0.1, 0.15) is 41.7 Å². The Balaban J connectivity index is 2.15. The second-order valence-electron chi connectivity index (χ2n) is 6.46. The first-order valence-corrected chi connectivity index (χ1v) is 9.03. The number of aliphatic hydroxyl groups is 1. The van der Waals surface area contributed by atoms with Gasteiger partial charge in [0.05, 0.1) is 0 Å². The van der Waals surface area contributed by atoms with Crippen LogP contribution in [0, 0.1) is 6.07 Å². The van der Waals surface area contributed by atoms with Crippen LogP contribution in [0.5, 0.6) is 0 Å². The van der Waals surface area contributed by atoms with E-state index in [1.807, 2.05) is 60.7 Å². The highest BCUT2D eigenvalue weighted by molar-refractivity contribution is 5.43. The molecule has 0 saturated carbocycles. The highest BCUT2D eigenvalue weighted by Gasteiger charge is 2.33. The van der Waals surface area contributed by atoms with Crippen LogP contribution in [-0.4, -0.2) is 5.11 Å². The summed E-state index contributed by atoms with van der Waals surface area (Å²) in [4.78, 5) is 0. The van der Waals surface area contributed by atoms with Gasteiger partial charge in [0.15, 0.2) is 0 Å². The second-order valence-corrected chi connectivity index (χ2v) is 6.46. The van der Waals surface area contributed by atoms with Crippen LogP contribution < -0.4 is 0 Å². The number of hydrogen-bond donors (Lipinski definition) is 1. The molecule has 0 atom stereocenters. The van der Waals surface area contributed by atoms with Crippen molar-refractivity contribution in [2.75, 3.05) is 0 Å². The molecule has 0 aliphatic rings. The molecule has 0 amide bonds. The molecule has 1 nitrogen and oxygen atoms in total. The SMILES string of the molecule is CCc1c[c]cc(CC)c1CC(O)(c1ccccc1)c1ccccc1. The molecule has 0 fully saturated rings. The van der Waals surface area contributed by atoms with Crippen LogP contribution in [0.2, 0.25) is 0 Å². The van der Waals surface area contributed by atoms with Crippen LogP contribution in [0.3, 0.4) is 0 Å². The summed E-state index contributed by atoms with van der Waals surface area (Å²) >= 11 is 0. The Labute approximate surface area is 151 Å². The first-order valence-electron chi connectivity index (χ1n) is 9.03. The van der Waals surface area contributed by atoms with Gasteiger partial charge in [-0.25, -0.2) is 0 Å². The molecule has 0 spiro atoms. The molecule has 3 rings (SSSR count). The van der Waals surface area contributed by atoms with Crippen molar-refractivity contribution in [3.05, 3.63) is 107 Å².